The fourth-order valence-electron chi connectivity index (χ4n) is 3.54. The van der Waals surface area contributed by atoms with Crippen molar-refractivity contribution < 1.29 is 9.59 Å². The second-order valence-electron chi connectivity index (χ2n) is 7.06. The summed E-state index contributed by atoms with van der Waals surface area (Å²) in [6, 6.07) is 10.9. The normalized spacial score (nSPS) is 15.3. The molecule has 0 N–H and O–H groups in total. The molecule has 150 valence electrons. The van der Waals surface area contributed by atoms with E-state index in [0.29, 0.717) is 16.3 Å². The summed E-state index contributed by atoms with van der Waals surface area (Å²) in [5.74, 6) is -0.314. The summed E-state index contributed by atoms with van der Waals surface area (Å²) in [4.78, 5) is 31.9. The predicted octanol–water partition coefficient (Wildman–Crippen LogP) is 6.56. The molecule has 1 aliphatic heterocycles. The Balaban J connectivity index is 1.76. The summed E-state index contributed by atoms with van der Waals surface area (Å²) in [7, 11) is 0. The second-order valence-corrected chi connectivity index (χ2v) is 9.26. The van der Waals surface area contributed by atoms with Crippen LogP contribution in [0.3, 0.4) is 0 Å². The number of thioether (sulfide) groups is 1. The summed E-state index contributed by atoms with van der Waals surface area (Å²) in [5, 5.41) is 0.595. The molecule has 5 nitrogen and oxygen atoms in total. The summed E-state index contributed by atoms with van der Waals surface area (Å²) < 4.78 is 2.06. The van der Waals surface area contributed by atoms with Gasteiger partial charge in [-0.1, -0.05) is 18.2 Å². The van der Waals surface area contributed by atoms with Crippen LogP contribution in [-0.2, 0) is 4.79 Å². The Kier molecular flexibility index (Phi) is 5.14. The molecule has 0 saturated carbocycles. The minimum absolute atomic E-state index is 0.300. The molecule has 0 atom stereocenters. The largest absolute Gasteiger partial charge is 0.318 e. The van der Waals surface area contributed by atoms with Gasteiger partial charge in [0, 0.05) is 11.4 Å². The lowest BCUT2D eigenvalue weighted by Crippen LogP contribution is -2.27. The van der Waals surface area contributed by atoms with E-state index in [-0.39, 0.29) is 11.1 Å². The number of nitrogens with zero attached hydrogens (tertiary/aromatic N) is 3. The molecule has 30 heavy (non-hydrogen) atoms. The van der Waals surface area contributed by atoms with Gasteiger partial charge in [-0.3, -0.25) is 9.59 Å². The Bertz CT molecular complexity index is 1260. The maximum atomic E-state index is 12.9. The molecule has 0 bridgehead atoms. The first-order valence-electron chi connectivity index (χ1n) is 9.33. The molecule has 1 saturated heterocycles. The van der Waals surface area contributed by atoms with Crippen LogP contribution in [0.25, 0.3) is 15.9 Å². The van der Waals surface area contributed by atoms with E-state index >= 15 is 0 Å². The minimum atomic E-state index is -0.314. The molecule has 2 amide bonds. The quantitative estimate of drug-likeness (QED) is 0.347. The zero-order chi connectivity index (χ0) is 21.6. The lowest BCUT2D eigenvalue weighted by molar-refractivity contribution is -0.113. The van der Waals surface area contributed by atoms with Crippen molar-refractivity contribution in [3.63, 3.8) is 0 Å². The molecule has 0 radical (unpaired) electrons. The Hall–Kier alpha value is -3.08. The van der Waals surface area contributed by atoms with E-state index in [2.05, 4.69) is 9.41 Å². The lowest BCUT2D eigenvalue weighted by Gasteiger charge is -2.11. The smallest absolute Gasteiger partial charge is 0.298 e. The van der Waals surface area contributed by atoms with Crippen LogP contribution in [-0.4, -0.2) is 15.7 Å². The summed E-state index contributed by atoms with van der Waals surface area (Å²) in [5.41, 5.74) is 5.02. The third-order valence-corrected chi connectivity index (χ3v) is 7.27. The minimum Gasteiger partial charge on any atom is -0.318 e. The molecule has 7 heteroatoms. The van der Waals surface area contributed by atoms with Gasteiger partial charge in [0.05, 0.1) is 17.2 Å². The van der Waals surface area contributed by atoms with Crippen LogP contribution in [0, 0.1) is 34.3 Å². The van der Waals surface area contributed by atoms with E-state index in [1.807, 2.05) is 39.8 Å². The molecule has 4 rings (SSSR count). The van der Waals surface area contributed by atoms with Crippen molar-refractivity contribution in [2.75, 3.05) is 4.90 Å². The molecule has 0 aliphatic carbocycles. The average molecular weight is 434 g/mol. The number of rotatable bonds is 3. The topological polar surface area (TPSA) is 46.7 Å². The van der Waals surface area contributed by atoms with Gasteiger partial charge < -0.3 is 4.57 Å². The fraction of sp³-hybridized carbons (Fsp3) is 0.174. The maximum absolute atomic E-state index is 12.9. The van der Waals surface area contributed by atoms with Gasteiger partial charge in [0.15, 0.2) is 0 Å². The number of hydrogen-bond acceptors (Lipinski definition) is 4. The van der Waals surface area contributed by atoms with Crippen LogP contribution in [0.1, 0.15) is 27.4 Å². The first-order valence-corrected chi connectivity index (χ1v) is 11.0. The third-order valence-electron chi connectivity index (χ3n) is 5.22. The van der Waals surface area contributed by atoms with Crippen molar-refractivity contribution in [3.05, 3.63) is 80.1 Å². The molecule has 0 unspecified atom stereocenters. The van der Waals surface area contributed by atoms with Crippen molar-refractivity contribution in [2.24, 2.45) is 0 Å². The standard InChI is InChI=1S/C23H19N3O2S2/c1-13-11-17(15(3)25(13)22-20(24-5)14(2)16(4)29-22)12-19-21(27)26(23(28)30-19)18-9-7-6-8-10-18/h6-12H,1-4H3. The molecule has 2 aromatic heterocycles. The molecule has 0 spiro atoms. The van der Waals surface area contributed by atoms with Gasteiger partial charge >= 0.3 is 0 Å². The number of amides is 2. The van der Waals surface area contributed by atoms with Gasteiger partial charge in [0.1, 0.15) is 5.00 Å². The van der Waals surface area contributed by atoms with E-state index < -0.39 is 0 Å². The molecule has 3 aromatic rings. The number of anilines is 1. The molecule has 1 aliphatic rings. The average Bonchev–Trinajstić information content (AvgIpc) is 3.27. The Morgan fingerprint density at radius 1 is 1.07 bits per heavy atom. The van der Waals surface area contributed by atoms with Gasteiger partial charge in [-0.25, -0.2) is 9.74 Å². The first-order chi connectivity index (χ1) is 14.3. The zero-order valence-corrected chi connectivity index (χ0v) is 18.6. The Morgan fingerprint density at radius 3 is 2.43 bits per heavy atom. The molecular weight excluding hydrogens is 414 g/mol. The number of carbonyl (C=O) groups excluding carboxylic acids is 2. The summed E-state index contributed by atoms with van der Waals surface area (Å²) in [6.45, 7) is 15.5. The van der Waals surface area contributed by atoms with Crippen molar-refractivity contribution in [2.45, 2.75) is 27.7 Å². The molecule has 1 aromatic carbocycles. The highest BCUT2D eigenvalue weighted by Crippen LogP contribution is 2.41. The predicted molar refractivity (Wildman–Crippen MR) is 124 cm³/mol. The number of imide groups is 1. The lowest BCUT2D eigenvalue weighted by atomic mass is 10.2. The summed E-state index contributed by atoms with van der Waals surface area (Å²) >= 11 is 2.54. The van der Waals surface area contributed by atoms with Crippen molar-refractivity contribution >= 4 is 51.7 Å². The highest BCUT2D eigenvalue weighted by Gasteiger charge is 2.36. The van der Waals surface area contributed by atoms with Gasteiger partial charge in [0.25, 0.3) is 11.1 Å². The van der Waals surface area contributed by atoms with Crippen molar-refractivity contribution in [1.29, 1.82) is 0 Å². The highest BCUT2D eigenvalue weighted by atomic mass is 32.2. The monoisotopic (exact) mass is 433 g/mol. The number of hydrogen-bond donors (Lipinski definition) is 0. The SMILES string of the molecule is [C-]#[N+]c1c(-n2c(C)cc(C=C3SC(=O)N(c4ccccc4)C3=O)c2C)sc(C)c1C. The van der Waals surface area contributed by atoms with Crippen molar-refractivity contribution in [3.8, 4) is 5.00 Å². The number of para-hydroxylation sites is 1. The van der Waals surface area contributed by atoms with Crippen LogP contribution >= 0.6 is 23.1 Å². The van der Waals surface area contributed by atoms with E-state index in [0.717, 1.165) is 44.2 Å². The summed E-state index contributed by atoms with van der Waals surface area (Å²) in [6.07, 6.45) is 1.78. The van der Waals surface area contributed by atoms with Crippen LogP contribution in [0.15, 0.2) is 41.3 Å². The second kappa shape index (κ2) is 7.63. The third kappa shape index (κ3) is 3.18. The Labute approximate surface area is 183 Å². The van der Waals surface area contributed by atoms with Crippen LogP contribution in [0.2, 0.25) is 0 Å². The molecule has 3 heterocycles. The van der Waals surface area contributed by atoms with Crippen molar-refractivity contribution in [1.82, 2.24) is 4.57 Å². The fourth-order valence-corrected chi connectivity index (χ4v) is 5.57. The van der Waals surface area contributed by atoms with E-state index in [1.54, 1.807) is 41.7 Å². The van der Waals surface area contributed by atoms with E-state index in [4.69, 9.17) is 6.57 Å². The van der Waals surface area contributed by atoms with Crippen LogP contribution < -0.4 is 4.90 Å². The number of thiophene rings is 1. The molecular formula is C23H19N3O2S2. The van der Waals surface area contributed by atoms with Gasteiger partial charge in [-0.05, 0) is 79.7 Å². The number of aromatic nitrogens is 1. The molecule has 1 fully saturated rings. The maximum Gasteiger partial charge on any atom is 0.298 e. The first kappa shape index (κ1) is 20.2. The zero-order valence-electron chi connectivity index (χ0n) is 17.0. The van der Waals surface area contributed by atoms with E-state index in [9.17, 15) is 9.59 Å². The van der Waals surface area contributed by atoms with Gasteiger partial charge in [0.2, 0.25) is 5.69 Å². The van der Waals surface area contributed by atoms with Crippen LogP contribution in [0.5, 0.6) is 0 Å². The number of aryl methyl sites for hydroxylation is 2. The Morgan fingerprint density at radius 2 is 1.77 bits per heavy atom. The van der Waals surface area contributed by atoms with Crippen LogP contribution in [0.4, 0.5) is 16.2 Å². The van der Waals surface area contributed by atoms with Gasteiger partial charge in [-0.15, -0.1) is 11.3 Å². The van der Waals surface area contributed by atoms with E-state index in [1.165, 1.54) is 4.90 Å². The van der Waals surface area contributed by atoms with Gasteiger partial charge in [-0.2, -0.15) is 0 Å². The number of benzene rings is 1. The number of carbonyl (C=O) groups is 2. The highest BCUT2D eigenvalue weighted by molar-refractivity contribution is 8.19.